The maximum Gasteiger partial charge on any atom is 0.415 e. The molecule has 4 atom stereocenters. The molecule has 0 saturated carbocycles. The molecule has 20 nitrogen and oxygen atoms in total. The molecule has 5 aliphatic rings. The third kappa shape index (κ3) is 15.3. The second-order valence-electron chi connectivity index (χ2n) is 26.9. The molecule has 3 N–H and O–H groups in total. The lowest BCUT2D eigenvalue weighted by molar-refractivity contribution is -0.137. The highest BCUT2D eigenvalue weighted by Crippen LogP contribution is 2.50. The molecule has 5 aliphatic heterocycles. The molecule has 9 amide bonds. The molecule has 8 aromatic rings. The Kier molecular flexibility index (Phi) is 23.7. The number of carbonyl (C=O) groups is 9. The van der Waals surface area contributed by atoms with E-state index >= 15 is 0 Å². The van der Waals surface area contributed by atoms with Crippen molar-refractivity contribution in [1.82, 2.24) is 14.7 Å². The number of carbonyl (C=O) groups excluding carboxylic acids is 9. The molecule has 0 bridgehead atoms. The maximum atomic E-state index is 13.8. The molecule has 25 heteroatoms. The number of benzene rings is 8. The van der Waals surface area contributed by atoms with E-state index in [0.717, 1.165) is 65.3 Å². The van der Waals surface area contributed by atoms with E-state index in [4.69, 9.17) is 51.1 Å². The Balaban J connectivity index is 0.000000196. The highest BCUT2D eigenvalue weighted by molar-refractivity contribution is 9.09. The van der Waals surface area contributed by atoms with Gasteiger partial charge in [0.25, 0.3) is 11.8 Å². The Morgan fingerprint density at radius 3 is 1.26 bits per heavy atom. The Labute approximate surface area is 630 Å². The van der Waals surface area contributed by atoms with E-state index in [1.807, 2.05) is 103 Å². The van der Waals surface area contributed by atoms with Crippen molar-refractivity contribution in [3.63, 3.8) is 0 Å². The van der Waals surface area contributed by atoms with E-state index in [1.54, 1.807) is 51.9 Å². The number of unbranched alkanes of at least 4 members (excludes halogenated alkanes) is 2. The number of phenols is 2. The molecule has 13 rings (SSSR count). The Morgan fingerprint density at radius 2 is 0.837 bits per heavy atom. The van der Waals surface area contributed by atoms with Crippen LogP contribution in [0.4, 0.5) is 33.2 Å². The van der Waals surface area contributed by atoms with Crippen LogP contribution in [0.1, 0.15) is 110 Å². The molecular formula is C79H79BrCl4N8O12. The van der Waals surface area contributed by atoms with Gasteiger partial charge in [0.05, 0.1) is 28.1 Å². The fourth-order valence-corrected chi connectivity index (χ4v) is 16.5. The number of alkyl halides is 5. The van der Waals surface area contributed by atoms with Crippen molar-refractivity contribution in [1.29, 1.82) is 0 Å². The van der Waals surface area contributed by atoms with Crippen LogP contribution < -0.4 is 29.7 Å². The lowest BCUT2D eigenvalue weighted by Gasteiger charge is -2.23. The SMILES string of the molecule is CN(CCN(C)C(=O)Oc1cc2c(c3ccccc13)[C@H](CCl)CN2C(=O)CCCC(=O)N1C[C@@H](CCl)c2c1cc(O)c1ccccc21)C(=O)CBr.O=C(CCCCCN1C(=O)C=CC1=O)Nc1cc2c(c3ccccc13)[C@@H](CCl)CN2C(=O)CCCC(=O)N1C[C@H](CCl)c2c1cc(O)c1ccccc21. The van der Waals surface area contributed by atoms with Crippen molar-refractivity contribution in [2.24, 2.45) is 0 Å². The van der Waals surface area contributed by atoms with Gasteiger partial charge in [-0.1, -0.05) is 119 Å². The van der Waals surface area contributed by atoms with Crippen molar-refractivity contribution in [3.8, 4) is 17.2 Å². The molecule has 0 unspecified atom stereocenters. The number of likely N-dealkylation sites (N-methyl/N-ethyl adjacent to an activating group) is 2. The molecule has 0 saturated heterocycles. The summed E-state index contributed by atoms with van der Waals surface area (Å²) in [4.78, 5) is 128. The monoisotopic (exact) mass is 1550 g/mol. The summed E-state index contributed by atoms with van der Waals surface area (Å²) in [6, 6.07) is 37.3. The minimum Gasteiger partial charge on any atom is -0.507 e. The second kappa shape index (κ2) is 33.0. The predicted octanol–water partition coefficient (Wildman–Crippen LogP) is 14.5. The van der Waals surface area contributed by atoms with Gasteiger partial charge in [-0.15, -0.1) is 46.4 Å². The van der Waals surface area contributed by atoms with E-state index in [0.29, 0.717) is 129 Å². The van der Waals surface area contributed by atoms with Gasteiger partial charge in [-0.3, -0.25) is 43.3 Å². The average Bonchev–Trinajstić information content (AvgIpc) is 1.59. The molecule has 542 valence electrons. The van der Waals surface area contributed by atoms with Gasteiger partial charge in [0.2, 0.25) is 35.4 Å². The fourth-order valence-electron chi connectivity index (χ4n) is 15.1. The summed E-state index contributed by atoms with van der Waals surface area (Å²) in [5.41, 5.74) is 7.05. The van der Waals surface area contributed by atoms with Crippen LogP contribution in [-0.2, 0) is 38.4 Å². The van der Waals surface area contributed by atoms with Crippen molar-refractivity contribution in [3.05, 3.63) is 156 Å². The van der Waals surface area contributed by atoms with Crippen LogP contribution in [0.25, 0.3) is 43.1 Å². The van der Waals surface area contributed by atoms with E-state index in [2.05, 4.69) is 21.2 Å². The van der Waals surface area contributed by atoms with Crippen LogP contribution in [-0.4, -0.2) is 167 Å². The first kappa shape index (κ1) is 74.7. The van der Waals surface area contributed by atoms with Crippen LogP contribution >= 0.6 is 62.3 Å². The summed E-state index contributed by atoms with van der Waals surface area (Å²) >= 11 is 28.8. The van der Waals surface area contributed by atoms with Gasteiger partial charge in [-0.25, -0.2) is 4.79 Å². The number of nitrogens with one attached hydrogen (secondary N) is 1. The molecule has 0 aliphatic carbocycles. The van der Waals surface area contributed by atoms with Crippen LogP contribution in [0.15, 0.2) is 133 Å². The maximum absolute atomic E-state index is 13.8. The summed E-state index contributed by atoms with van der Waals surface area (Å²) in [5, 5.41) is 31.3. The zero-order chi connectivity index (χ0) is 73.6. The molecule has 0 fully saturated rings. The molecular weight excluding hydrogens is 1470 g/mol. The summed E-state index contributed by atoms with van der Waals surface area (Å²) in [7, 11) is 3.27. The largest absolute Gasteiger partial charge is 0.507 e. The van der Waals surface area contributed by atoms with Crippen LogP contribution in [0.5, 0.6) is 17.2 Å². The van der Waals surface area contributed by atoms with Gasteiger partial charge in [-0.2, -0.15) is 0 Å². The number of fused-ring (bicyclic) bond motifs is 12. The number of nitrogens with zero attached hydrogens (tertiary/aromatic N) is 7. The first-order valence-corrected chi connectivity index (χ1v) is 38.2. The number of anilines is 5. The number of halogens is 5. The molecule has 0 aromatic heterocycles. The predicted molar refractivity (Wildman–Crippen MR) is 413 cm³/mol. The molecule has 0 radical (unpaired) electrons. The van der Waals surface area contributed by atoms with E-state index in [1.165, 1.54) is 26.9 Å². The Hall–Kier alpha value is -8.99. The van der Waals surface area contributed by atoms with Crippen molar-refractivity contribution in [2.75, 3.05) is 114 Å². The number of phenolic OH excluding ortho intramolecular Hbond substituents is 2. The first-order valence-electron chi connectivity index (χ1n) is 34.9. The minimum atomic E-state index is -0.593. The van der Waals surface area contributed by atoms with Gasteiger partial charge >= 0.3 is 6.09 Å². The summed E-state index contributed by atoms with van der Waals surface area (Å²) in [6.07, 6.45) is 5.26. The number of hydrogen-bond acceptors (Lipinski definition) is 12. The molecule has 5 heterocycles. The standard InChI is InChI=1S/C41H40Cl2N4O6.C38H39BrCl2N4O6/c42-21-25-23-46(36(50)14-8-15-37(51)47-24-26(22-43)41-30-12-6-4-10-28(30)34(48)20-33(41)47)32-19-31(27-9-3-5-11-29(27)40(25)32)44-35(49)13-2-1-7-18-45-38(52)16-17-39(45)53;1-42(35(49)18-39)14-15-43(2)38(50)51-32-17-30-37(28-11-6-4-9-26(28)32)24(20-41)22-45(30)34(48)13-7-12-33(47)44-21-23(19-40)36-27-10-5-3-8-25(27)31(46)16-29(36)44/h3-6,9-12,16-17,19-20,25-26,48H,1-2,7-8,13-15,18,21-24H2,(H,44,49);3-6,8-11,16-17,23-24,46H,7,12-15,18-22H2,1-2H3/t25-,26-;23-,24-/m01/s1. The number of imide groups is 1. The Morgan fingerprint density at radius 1 is 0.471 bits per heavy atom. The molecule has 104 heavy (non-hydrogen) atoms. The number of aromatic hydroxyl groups is 2. The second-order valence-corrected chi connectivity index (χ2v) is 28.7. The van der Waals surface area contributed by atoms with Gasteiger partial charge < -0.3 is 49.7 Å². The lowest BCUT2D eigenvalue weighted by atomic mass is 9.95. The van der Waals surface area contributed by atoms with E-state index in [9.17, 15) is 53.4 Å². The van der Waals surface area contributed by atoms with Crippen LogP contribution in [0, 0.1) is 0 Å². The zero-order valence-electron chi connectivity index (χ0n) is 57.6. The third-order valence-corrected chi connectivity index (χ3v) is 22.3. The number of rotatable bonds is 24. The van der Waals surface area contributed by atoms with Crippen LogP contribution in [0.2, 0.25) is 0 Å². The first-order chi connectivity index (χ1) is 50.3. The summed E-state index contributed by atoms with van der Waals surface area (Å²) in [6.45, 7) is 2.51. The molecule has 8 aromatic carbocycles. The molecule has 0 spiro atoms. The number of hydrogen-bond donors (Lipinski definition) is 3. The van der Waals surface area contributed by atoms with Crippen molar-refractivity contribution in [2.45, 2.75) is 87.9 Å². The quantitative estimate of drug-likeness (QED) is 0.0291. The zero-order valence-corrected chi connectivity index (χ0v) is 62.2. The van der Waals surface area contributed by atoms with E-state index < -0.39 is 6.09 Å². The van der Waals surface area contributed by atoms with Gasteiger partial charge in [0, 0.05) is 197 Å². The minimum absolute atomic E-state index is 0.0720. The van der Waals surface area contributed by atoms with E-state index in [-0.39, 0.29) is 126 Å². The van der Waals surface area contributed by atoms with Crippen LogP contribution in [0.3, 0.4) is 0 Å². The number of ether oxygens (including phenoxy) is 1. The van der Waals surface area contributed by atoms with Gasteiger partial charge in [0.15, 0.2) is 0 Å². The lowest BCUT2D eigenvalue weighted by Crippen LogP contribution is -2.38. The highest BCUT2D eigenvalue weighted by atomic mass is 79.9. The average molecular weight is 1550 g/mol. The number of amides is 9. The fraction of sp³-hybridized carbons (Fsp3) is 0.354. The third-order valence-electron chi connectivity index (χ3n) is 20.4. The normalized spacial score (nSPS) is 17.0. The van der Waals surface area contributed by atoms with Gasteiger partial charge in [0.1, 0.15) is 17.2 Å². The van der Waals surface area contributed by atoms with Gasteiger partial charge in [-0.05, 0) is 75.5 Å². The topological polar surface area (TPSA) is 238 Å². The summed E-state index contributed by atoms with van der Waals surface area (Å²) in [5.74, 6) is -0.0425. The van der Waals surface area contributed by atoms with Crippen molar-refractivity contribution < 1.29 is 58.1 Å². The highest BCUT2D eigenvalue weighted by Gasteiger charge is 2.40. The smallest absolute Gasteiger partial charge is 0.415 e. The summed E-state index contributed by atoms with van der Waals surface area (Å²) < 4.78 is 5.91. The van der Waals surface area contributed by atoms with Crippen molar-refractivity contribution >= 4 is 187 Å². The Bertz CT molecular complexity index is 4750.